The first-order valence-corrected chi connectivity index (χ1v) is 7.01. The number of nitrogens with zero attached hydrogens (tertiary/aromatic N) is 1. The maximum Gasteiger partial charge on any atom is 0.261 e. The molecule has 0 aliphatic heterocycles. The zero-order valence-electron chi connectivity index (χ0n) is 12.3. The molecule has 0 bridgehead atoms. The lowest BCUT2D eigenvalue weighted by atomic mass is 10.0. The molecule has 20 heavy (non-hydrogen) atoms. The second kappa shape index (κ2) is 5.40. The number of carbonyl (C=O) groups is 1. The first-order chi connectivity index (χ1) is 9.32. The van der Waals surface area contributed by atoms with Gasteiger partial charge in [0.15, 0.2) is 0 Å². The predicted octanol–water partition coefficient (Wildman–Crippen LogP) is 1.37. The lowest BCUT2D eigenvalue weighted by Crippen LogP contribution is -2.43. The van der Waals surface area contributed by atoms with Crippen LogP contribution in [0.3, 0.4) is 0 Å². The third-order valence-corrected chi connectivity index (χ3v) is 3.99. The van der Waals surface area contributed by atoms with Gasteiger partial charge in [-0.3, -0.25) is 9.59 Å². The molecule has 110 valence electrons. The summed E-state index contributed by atoms with van der Waals surface area (Å²) in [5.41, 5.74) is 0.413. The molecule has 2 N–H and O–H groups in total. The Balaban J connectivity index is 2.21. The van der Waals surface area contributed by atoms with Gasteiger partial charge in [0.05, 0.1) is 5.60 Å². The van der Waals surface area contributed by atoms with Crippen molar-refractivity contribution in [1.29, 1.82) is 0 Å². The van der Waals surface area contributed by atoms with Crippen LogP contribution < -0.4 is 5.56 Å². The second-order valence-electron chi connectivity index (χ2n) is 5.93. The van der Waals surface area contributed by atoms with Crippen LogP contribution in [-0.4, -0.2) is 40.1 Å². The van der Waals surface area contributed by atoms with Crippen molar-refractivity contribution in [2.45, 2.75) is 45.1 Å². The summed E-state index contributed by atoms with van der Waals surface area (Å²) in [5.74, 6) is -0.330. The fourth-order valence-corrected chi connectivity index (χ4v) is 3.01. The summed E-state index contributed by atoms with van der Waals surface area (Å²) in [4.78, 5) is 28.5. The van der Waals surface area contributed by atoms with E-state index in [1.165, 1.54) is 4.90 Å². The number of carbonyl (C=O) groups excluding carboxylic acids is 1. The van der Waals surface area contributed by atoms with Crippen molar-refractivity contribution in [2.24, 2.45) is 0 Å². The minimum atomic E-state index is -0.796. The van der Waals surface area contributed by atoms with Gasteiger partial charge in [-0.25, -0.2) is 0 Å². The Morgan fingerprint density at radius 3 is 2.55 bits per heavy atom. The van der Waals surface area contributed by atoms with Gasteiger partial charge in [-0.05, 0) is 38.3 Å². The highest BCUT2D eigenvalue weighted by atomic mass is 16.3. The summed E-state index contributed by atoms with van der Waals surface area (Å²) in [5, 5.41) is 10.4. The van der Waals surface area contributed by atoms with Gasteiger partial charge in [0.25, 0.3) is 11.5 Å². The summed E-state index contributed by atoms with van der Waals surface area (Å²) in [7, 11) is 1.64. The molecular weight excluding hydrogens is 256 g/mol. The second-order valence-corrected chi connectivity index (χ2v) is 5.93. The highest BCUT2D eigenvalue weighted by molar-refractivity contribution is 5.95. The molecule has 1 aromatic heterocycles. The van der Waals surface area contributed by atoms with Crippen molar-refractivity contribution in [1.82, 2.24) is 9.88 Å². The molecule has 1 aromatic rings. The van der Waals surface area contributed by atoms with E-state index in [0.717, 1.165) is 18.5 Å². The topological polar surface area (TPSA) is 73.4 Å². The molecule has 0 aromatic carbocycles. The van der Waals surface area contributed by atoms with Crippen LogP contribution in [-0.2, 0) is 0 Å². The van der Waals surface area contributed by atoms with Crippen LogP contribution in [0.5, 0.6) is 0 Å². The SMILES string of the molecule is Cc1cc(C)c(C(=O)N(C)CC2(O)CCCC2)c(=O)[nH]1. The van der Waals surface area contributed by atoms with Crippen molar-refractivity contribution in [2.75, 3.05) is 13.6 Å². The Hall–Kier alpha value is -1.62. The van der Waals surface area contributed by atoms with Gasteiger partial charge in [-0.2, -0.15) is 0 Å². The number of likely N-dealkylation sites (N-methyl/N-ethyl adjacent to an activating group) is 1. The van der Waals surface area contributed by atoms with Crippen LogP contribution >= 0.6 is 0 Å². The highest BCUT2D eigenvalue weighted by Crippen LogP contribution is 2.30. The maximum atomic E-state index is 12.4. The molecule has 1 fully saturated rings. The number of nitrogens with one attached hydrogen (secondary N) is 1. The van der Waals surface area contributed by atoms with Gasteiger partial charge in [-0.1, -0.05) is 12.8 Å². The number of aliphatic hydroxyl groups is 1. The van der Waals surface area contributed by atoms with Crippen molar-refractivity contribution >= 4 is 5.91 Å². The minimum absolute atomic E-state index is 0.166. The zero-order chi connectivity index (χ0) is 14.9. The standard InChI is InChI=1S/C15H22N2O3/c1-10-8-11(2)16-13(18)12(10)14(19)17(3)9-15(20)6-4-5-7-15/h8,20H,4-7,9H2,1-3H3,(H,16,18). The number of aryl methyl sites for hydroxylation is 2. The Morgan fingerprint density at radius 2 is 2.00 bits per heavy atom. The summed E-state index contributed by atoms with van der Waals surface area (Å²) in [6.45, 7) is 3.82. The number of rotatable bonds is 3. The molecule has 1 amide bonds. The lowest BCUT2D eigenvalue weighted by molar-refractivity contribution is 0.0156. The Morgan fingerprint density at radius 1 is 1.40 bits per heavy atom. The van der Waals surface area contributed by atoms with E-state index in [1.807, 2.05) is 0 Å². The van der Waals surface area contributed by atoms with Gasteiger partial charge >= 0.3 is 0 Å². The largest absolute Gasteiger partial charge is 0.388 e. The molecule has 2 rings (SSSR count). The van der Waals surface area contributed by atoms with Crippen molar-refractivity contribution < 1.29 is 9.90 Å². The molecule has 0 spiro atoms. The molecule has 1 saturated carbocycles. The average molecular weight is 278 g/mol. The fraction of sp³-hybridized carbons (Fsp3) is 0.600. The molecule has 1 aliphatic rings. The number of pyridine rings is 1. The van der Waals surface area contributed by atoms with Gasteiger partial charge in [0, 0.05) is 19.3 Å². The number of hydrogen-bond donors (Lipinski definition) is 2. The maximum absolute atomic E-state index is 12.4. The predicted molar refractivity (Wildman–Crippen MR) is 76.9 cm³/mol. The summed E-state index contributed by atoms with van der Waals surface area (Å²) < 4.78 is 0. The van der Waals surface area contributed by atoms with Crippen molar-refractivity contribution in [3.05, 3.63) is 33.2 Å². The molecular formula is C15H22N2O3. The van der Waals surface area contributed by atoms with E-state index in [0.29, 0.717) is 18.4 Å². The van der Waals surface area contributed by atoms with E-state index < -0.39 is 5.60 Å². The van der Waals surface area contributed by atoms with Crippen LogP contribution in [0.4, 0.5) is 0 Å². The van der Waals surface area contributed by atoms with E-state index in [9.17, 15) is 14.7 Å². The average Bonchev–Trinajstić information content (AvgIpc) is 2.74. The number of aromatic nitrogens is 1. The molecule has 0 radical (unpaired) electrons. The third-order valence-electron chi connectivity index (χ3n) is 3.99. The molecule has 0 unspecified atom stereocenters. The lowest BCUT2D eigenvalue weighted by Gasteiger charge is -2.28. The molecule has 0 saturated heterocycles. The molecule has 1 aliphatic carbocycles. The van der Waals surface area contributed by atoms with Crippen LogP contribution in [0.2, 0.25) is 0 Å². The highest BCUT2D eigenvalue weighted by Gasteiger charge is 2.34. The Kier molecular flexibility index (Phi) is 3.99. The first kappa shape index (κ1) is 14.8. The number of aromatic amines is 1. The molecule has 0 atom stereocenters. The van der Waals surface area contributed by atoms with Gasteiger partial charge in [-0.15, -0.1) is 0 Å². The van der Waals surface area contributed by atoms with Crippen LogP contribution in [0.25, 0.3) is 0 Å². The monoisotopic (exact) mass is 278 g/mol. The van der Waals surface area contributed by atoms with Crippen molar-refractivity contribution in [3.63, 3.8) is 0 Å². The minimum Gasteiger partial charge on any atom is -0.388 e. The van der Waals surface area contributed by atoms with E-state index in [-0.39, 0.29) is 23.6 Å². The summed E-state index contributed by atoms with van der Waals surface area (Å²) >= 11 is 0. The molecule has 1 heterocycles. The van der Waals surface area contributed by atoms with Crippen LogP contribution in [0.1, 0.15) is 47.3 Å². The number of hydrogen-bond acceptors (Lipinski definition) is 3. The van der Waals surface area contributed by atoms with Crippen LogP contribution in [0, 0.1) is 13.8 Å². The van der Waals surface area contributed by atoms with Gasteiger partial charge < -0.3 is 15.0 Å². The first-order valence-electron chi connectivity index (χ1n) is 7.01. The van der Waals surface area contributed by atoms with Crippen molar-refractivity contribution in [3.8, 4) is 0 Å². The Bertz CT molecular complexity index is 571. The van der Waals surface area contributed by atoms with E-state index in [4.69, 9.17) is 0 Å². The normalized spacial score (nSPS) is 17.2. The summed E-state index contributed by atoms with van der Waals surface area (Å²) in [6, 6.07) is 1.78. The molecule has 5 nitrogen and oxygen atoms in total. The van der Waals surface area contributed by atoms with E-state index in [2.05, 4.69) is 4.98 Å². The Labute approximate surface area is 118 Å². The number of amides is 1. The summed E-state index contributed by atoms with van der Waals surface area (Å²) in [6.07, 6.45) is 3.41. The van der Waals surface area contributed by atoms with E-state index in [1.54, 1.807) is 27.0 Å². The van der Waals surface area contributed by atoms with E-state index >= 15 is 0 Å². The van der Waals surface area contributed by atoms with Crippen LogP contribution in [0.15, 0.2) is 10.9 Å². The fourth-order valence-electron chi connectivity index (χ4n) is 3.01. The molecule has 5 heteroatoms. The van der Waals surface area contributed by atoms with Gasteiger partial charge in [0.2, 0.25) is 0 Å². The smallest absolute Gasteiger partial charge is 0.261 e. The van der Waals surface area contributed by atoms with Gasteiger partial charge in [0.1, 0.15) is 5.56 Å². The number of H-pyrrole nitrogens is 1. The zero-order valence-corrected chi connectivity index (χ0v) is 12.3. The third kappa shape index (κ3) is 2.93. The quantitative estimate of drug-likeness (QED) is 0.877.